The molecule has 4 nitrogen and oxygen atoms in total. The largest absolute Gasteiger partial charge is 0.481 e. The van der Waals surface area contributed by atoms with Gasteiger partial charge >= 0.3 is 5.97 Å². The fraction of sp³-hybridized carbons (Fsp3) is 0.889. The summed E-state index contributed by atoms with van der Waals surface area (Å²) in [5, 5.41) is 8.72. The minimum Gasteiger partial charge on any atom is -0.481 e. The Bertz CT molecular complexity index is 184. The summed E-state index contributed by atoms with van der Waals surface area (Å²) in [7, 11) is 4.06. The van der Waals surface area contributed by atoms with Crippen molar-refractivity contribution in [2.24, 2.45) is 0 Å². The third-order valence-corrected chi connectivity index (χ3v) is 2.61. The van der Waals surface area contributed by atoms with Gasteiger partial charge in [0.1, 0.15) is 0 Å². The van der Waals surface area contributed by atoms with Gasteiger partial charge in [-0.15, -0.1) is 0 Å². The van der Waals surface area contributed by atoms with Crippen molar-refractivity contribution in [1.29, 1.82) is 0 Å². The lowest BCUT2D eigenvalue weighted by Gasteiger charge is -2.25. The Morgan fingerprint density at radius 2 is 2.15 bits per heavy atom. The van der Waals surface area contributed by atoms with Crippen LogP contribution in [0, 0.1) is 0 Å². The first-order chi connectivity index (χ1) is 6.09. The molecule has 0 spiro atoms. The van der Waals surface area contributed by atoms with Crippen LogP contribution in [0.4, 0.5) is 0 Å². The molecular weight excluding hydrogens is 168 g/mol. The van der Waals surface area contributed by atoms with Crippen molar-refractivity contribution in [2.45, 2.75) is 18.9 Å². The summed E-state index contributed by atoms with van der Waals surface area (Å²) in [6.07, 6.45) is 1.38. The van der Waals surface area contributed by atoms with E-state index in [1.807, 2.05) is 14.1 Å². The molecule has 0 radical (unpaired) electrons. The maximum absolute atomic E-state index is 10.6. The van der Waals surface area contributed by atoms with Gasteiger partial charge in [0.15, 0.2) is 0 Å². The Hall–Kier alpha value is -0.610. The highest BCUT2D eigenvalue weighted by molar-refractivity contribution is 5.67. The average Bonchev–Trinajstić information content (AvgIpc) is 2.14. The molecule has 1 unspecified atom stereocenters. The molecular formula is C9H18N2O2. The second-order valence-corrected chi connectivity index (χ2v) is 3.85. The van der Waals surface area contributed by atoms with Gasteiger partial charge in [0.25, 0.3) is 0 Å². The zero-order chi connectivity index (χ0) is 9.84. The predicted octanol–water partition coefficient (Wildman–Crippen LogP) is 0.0970. The van der Waals surface area contributed by atoms with Crippen molar-refractivity contribution in [1.82, 2.24) is 9.80 Å². The second kappa shape index (κ2) is 4.58. The SMILES string of the molecule is CN1CCCN(C)C(CC(=O)O)C1. The fourth-order valence-electron chi connectivity index (χ4n) is 1.79. The number of aliphatic carboxylic acids is 1. The van der Waals surface area contributed by atoms with Crippen LogP contribution in [0.5, 0.6) is 0 Å². The topological polar surface area (TPSA) is 43.8 Å². The molecule has 0 aromatic rings. The van der Waals surface area contributed by atoms with Gasteiger partial charge in [0.05, 0.1) is 6.42 Å². The van der Waals surface area contributed by atoms with Gasteiger partial charge in [0, 0.05) is 12.6 Å². The Morgan fingerprint density at radius 1 is 1.46 bits per heavy atom. The van der Waals surface area contributed by atoms with Crippen LogP contribution in [0.3, 0.4) is 0 Å². The van der Waals surface area contributed by atoms with Crippen molar-refractivity contribution in [2.75, 3.05) is 33.7 Å². The van der Waals surface area contributed by atoms with E-state index in [0.29, 0.717) is 0 Å². The van der Waals surface area contributed by atoms with E-state index in [0.717, 1.165) is 26.1 Å². The molecule has 0 aliphatic carbocycles. The summed E-state index contributed by atoms with van der Waals surface area (Å²) in [6, 6.07) is 0.171. The standard InChI is InChI=1S/C9H18N2O2/c1-10-4-3-5-11(2)8(7-10)6-9(12)13/h8H,3-7H2,1-2H3,(H,12,13). The van der Waals surface area contributed by atoms with E-state index in [2.05, 4.69) is 9.80 Å². The molecule has 1 aliphatic heterocycles. The summed E-state index contributed by atoms with van der Waals surface area (Å²) in [4.78, 5) is 14.9. The zero-order valence-corrected chi connectivity index (χ0v) is 8.36. The molecule has 4 heteroatoms. The van der Waals surface area contributed by atoms with Gasteiger partial charge in [-0.25, -0.2) is 0 Å². The third-order valence-electron chi connectivity index (χ3n) is 2.61. The van der Waals surface area contributed by atoms with Crippen molar-refractivity contribution in [3.63, 3.8) is 0 Å². The van der Waals surface area contributed by atoms with E-state index in [4.69, 9.17) is 5.11 Å². The molecule has 13 heavy (non-hydrogen) atoms. The van der Waals surface area contributed by atoms with E-state index in [1.54, 1.807) is 0 Å². The first-order valence-electron chi connectivity index (χ1n) is 4.70. The van der Waals surface area contributed by atoms with Gasteiger partial charge < -0.3 is 14.9 Å². The lowest BCUT2D eigenvalue weighted by Crippen LogP contribution is -2.39. The number of hydrogen-bond donors (Lipinski definition) is 1. The van der Waals surface area contributed by atoms with Gasteiger partial charge in [-0.05, 0) is 33.6 Å². The highest BCUT2D eigenvalue weighted by atomic mass is 16.4. The summed E-state index contributed by atoms with van der Waals surface area (Å²) >= 11 is 0. The lowest BCUT2D eigenvalue weighted by molar-refractivity contribution is -0.138. The maximum Gasteiger partial charge on any atom is 0.304 e. The molecule has 0 bridgehead atoms. The molecule has 1 rings (SSSR count). The van der Waals surface area contributed by atoms with Crippen molar-refractivity contribution < 1.29 is 9.90 Å². The van der Waals surface area contributed by atoms with E-state index < -0.39 is 5.97 Å². The number of hydrogen-bond acceptors (Lipinski definition) is 3. The van der Waals surface area contributed by atoms with Crippen molar-refractivity contribution in [3.8, 4) is 0 Å². The van der Waals surface area contributed by atoms with Crippen LogP contribution in [0.1, 0.15) is 12.8 Å². The molecule has 76 valence electrons. The quantitative estimate of drug-likeness (QED) is 0.664. The smallest absolute Gasteiger partial charge is 0.304 e. The molecule has 1 atom stereocenters. The molecule has 1 heterocycles. The van der Waals surface area contributed by atoms with Crippen LogP contribution < -0.4 is 0 Å². The van der Waals surface area contributed by atoms with Gasteiger partial charge in [-0.1, -0.05) is 0 Å². The Morgan fingerprint density at radius 3 is 2.77 bits per heavy atom. The number of carboxylic acid groups (broad SMARTS) is 1. The highest BCUT2D eigenvalue weighted by Crippen LogP contribution is 2.09. The summed E-state index contributed by atoms with van der Waals surface area (Å²) < 4.78 is 0. The molecule has 1 N–H and O–H groups in total. The summed E-state index contributed by atoms with van der Waals surface area (Å²) in [6.45, 7) is 2.94. The lowest BCUT2D eigenvalue weighted by atomic mass is 10.2. The minimum atomic E-state index is -0.702. The number of nitrogens with zero attached hydrogens (tertiary/aromatic N) is 2. The van der Waals surface area contributed by atoms with E-state index in [-0.39, 0.29) is 12.5 Å². The van der Waals surface area contributed by atoms with Gasteiger partial charge in [0.2, 0.25) is 0 Å². The molecule has 0 saturated carbocycles. The monoisotopic (exact) mass is 186 g/mol. The van der Waals surface area contributed by atoms with Crippen LogP contribution in [-0.2, 0) is 4.79 Å². The summed E-state index contributed by atoms with van der Waals surface area (Å²) in [5.41, 5.74) is 0. The van der Waals surface area contributed by atoms with E-state index >= 15 is 0 Å². The Labute approximate surface area is 79.1 Å². The first kappa shape index (κ1) is 10.5. The Balaban J connectivity index is 2.51. The second-order valence-electron chi connectivity index (χ2n) is 3.85. The summed E-state index contributed by atoms with van der Waals surface area (Å²) in [5.74, 6) is -0.702. The van der Waals surface area contributed by atoms with Crippen LogP contribution in [0.15, 0.2) is 0 Å². The minimum absolute atomic E-state index is 0.171. The van der Waals surface area contributed by atoms with E-state index in [9.17, 15) is 4.79 Å². The molecule has 1 saturated heterocycles. The Kier molecular flexibility index (Phi) is 3.69. The van der Waals surface area contributed by atoms with Gasteiger partial charge in [-0.3, -0.25) is 4.79 Å². The van der Waals surface area contributed by atoms with Crippen LogP contribution in [0.2, 0.25) is 0 Å². The number of rotatable bonds is 2. The third kappa shape index (κ3) is 3.32. The number of likely N-dealkylation sites (N-methyl/N-ethyl adjacent to an activating group) is 2. The molecule has 1 fully saturated rings. The van der Waals surface area contributed by atoms with Crippen molar-refractivity contribution in [3.05, 3.63) is 0 Å². The van der Waals surface area contributed by atoms with Crippen LogP contribution in [-0.4, -0.2) is 60.6 Å². The zero-order valence-electron chi connectivity index (χ0n) is 8.36. The molecule has 1 aliphatic rings. The molecule has 0 aromatic carbocycles. The first-order valence-corrected chi connectivity index (χ1v) is 4.70. The van der Waals surface area contributed by atoms with E-state index in [1.165, 1.54) is 0 Å². The average molecular weight is 186 g/mol. The maximum atomic E-state index is 10.6. The number of carboxylic acids is 1. The molecule has 0 amide bonds. The highest BCUT2D eigenvalue weighted by Gasteiger charge is 2.22. The fourth-order valence-corrected chi connectivity index (χ4v) is 1.79. The normalized spacial score (nSPS) is 27.1. The van der Waals surface area contributed by atoms with Gasteiger partial charge in [-0.2, -0.15) is 0 Å². The predicted molar refractivity (Wildman–Crippen MR) is 50.8 cm³/mol. The van der Waals surface area contributed by atoms with Crippen molar-refractivity contribution >= 4 is 5.97 Å². The van der Waals surface area contributed by atoms with Crippen LogP contribution >= 0.6 is 0 Å². The van der Waals surface area contributed by atoms with Crippen LogP contribution in [0.25, 0.3) is 0 Å². The molecule has 0 aromatic heterocycles. The number of carbonyl (C=O) groups is 1.